The monoisotopic (exact) mass is 496 g/mol. The van der Waals surface area contributed by atoms with E-state index in [9.17, 15) is 0 Å². The number of rotatable bonds is 10. The summed E-state index contributed by atoms with van der Waals surface area (Å²) in [6.45, 7) is 5.20. The van der Waals surface area contributed by atoms with Gasteiger partial charge in [-0.3, -0.25) is 4.90 Å². The minimum atomic E-state index is 0.612. The summed E-state index contributed by atoms with van der Waals surface area (Å²) in [5.41, 5.74) is 4.04. The molecule has 0 radical (unpaired) electrons. The molecule has 1 aliphatic rings. The number of methoxy groups -OCH3 is 1. The third-order valence-corrected chi connectivity index (χ3v) is 6.34. The van der Waals surface area contributed by atoms with Crippen molar-refractivity contribution in [2.24, 2.45) is 0 Å². The van der Waals surface area contributed by atoms with Crippen molar-refractivity contribution in [1.82, 2.24) is 14.9 Å². The molecule has 0 spiro atoms. The number of aromatic nitrogens is 2. The Labute approximate surface area is 217 Å². The SMILES string of the molecule is COc1cc2c(Nc3ccc(/C=C/c4ccccc4)cc3)ncnc2cc1OCCCN1CCOCC1. The van der Waals surface area contributed by atoms with Crippen molar-refractivity contribution in [3.05, 3.63) is 84.2 Å². The maximum Gasteiger partial charge on any atom is 0.163 e. The van der Waals surface area contributed by atoms with Gasteiger partial charge in [0, 0.05) is 36.8 Å². The van der Waals surface area contributed by atoms with Gasteiger partial charge in [0.05, 0.1) is 32.4 Å². The van der Waals surface area contributed by atoms with E-state index in [0.717, 1.165) is 67.2 Å². The van der Waals surface area contributed by atoms with E-state index in [-0.39, 0.29) is 0 Å². The molecule has 3 aromatic carbocycles. The quantitative estimate of drug-likeness (QED) is 0.225. The topological polar surface area (TPSA) is 68.7 Å². The molecule has 1 N–H and O–H groups in total. The minimum absolute atomic E-state index is 0.612. The smallest absolute Gasteiger partial charge is 0.163 e. The molecule has 0 amide bonds. The Hall–Kier alpha value is -3.94. The first-order valence-corrected chi connectivity index (χ1v) is 12.6. The number of ether oxygens (including phenoxy) is 3. The molecule has 1 fully saturated rings. The van der Waals surface area contributed by atoms with Crippen LogP contribution in [0.25, 0.3) is 23.1 Å². The summed E-state index contributed by atoms with van der Waals surface area (Å²) in [6.07, 6.45) is 6.71. The van der Waals surface area contributed by atoms with Crippen molar-refractivity contribution in [3.8, 4) is 11.5 Å². The van der Waals surface area contributed by atoms with Gasteiger partial charge in [-0.05, 0) is 35.7 Å². The Kier molecular flexibility index (Phi) is 8.25. The van der Waals surface area contributed by atoms with Crippen LogP contribution in [-0.4, -0.2) is 61.4 Å². The molecular weight excluding hydrogens is 464 g/mol. The Morgan fingerprint density at radius 1 is 0.919 bits per heavy atom. The average Bonchev–Trinajstić information content (AvgIpc) is 2.96. The van der Waals surface area contributed by atoms with Gasteiger partial charge in [-0.2, -0.15) is 0 Å². The second kappa shape index (κ2) is 12.3. The van der Waals surface area contributed by atoms with Gasteiger partial charge in [0.25, 0.3) is 0 Å². The number of nitrogens with one attached hydrogen (secondary N) is 1. The first kappa shape index (κ1) is 24.7. The highest BCUT2D eigenvalue weighted by Gasteiger charge is 2.13. The highest BCUT2D eigenvalue weighted by molar-refractivity contribution is 5.93. The van der Waals surface area contributed by atoms with Crippen LogP contribution in [0.3, 0.4) is 0 Å². The molecule has 0 bridgehead atoms. The van der Waals surface area contributed by atoms with Gasteiger partial charge in [0.15, 0.2) is 11.5 Å². The highest BCUT2D eigenvalue weighted by Crippen LogP contribution is 2.34. The van der Waals surface area contributed by atoms with Gasteiger partial charge in [0.1, 0.15) is 12.1 Å². The molecule has 0 atom stereocenters. The molecule has 0 unspecified atom stereocenters. The number of fused-ring (bicyclic) bond motifs is 1. The van der Waals surface area contributed by atoms with Crippen LogP contribution in [0.2, 0.25) is 0 Å². The first-order chi connectivity index (χ1) is 18.3. The largest absolute Gasteiger partial charge is 0.493 e. The number of morpholine rings is 1. The zero-order valence-electron chi connectivity index (χ0n) is 21.1. The van der Waals surface area contributed by atoms with Crippen molar-refractivity contribution in [1.29, 1.82) is 0 Å². The van der Waals surface area contributed by atoms with E-state index in [1.165, 1.54) is 5.56 Å². The van der Waals surface area contributed by atoms with Gasteiger partial charge in [-0.15, -0.1) is 0 Å². The molecule has 0 aliphatic carbocycles. The molecule has 1 saturated heterocycles. The summed E-state index contributed by atoms with van der Waals surface area (Å²) < 4.78 is 17.1. The summed E-state index contributed by atoms with van der Waals surface area (Å²) in [5, 5.41) is 4.29. The number of hydrogen-bond acceptors (Lipinski definition) is 7. The van der Waals surface area contributed by atoms with Crippen LogP contribution >= 0.6 is 0 Å². The second-order valence-corrected chi connectivity index (χ2v) is 8.89. The van der Waals surface area contributed by atoms with Gasteiger partial charge in [-0.25, -0.2) is 9.97 Å². The average molecular weight is 497 g/mol. The Balaban J connectivity index is 1.25. The molecule has 1 aromatic heterocycles. The fourth-order valence-corrected chi connectivity index (χ4v) is 4.30. The van der Waals surface area contributed by atoms with Crippen molar-refractivity contribution in [2.75, 3.05) is 51.9 Å². The summed E-state index contributed by atoms with van der Waals surface area (Å²) in [5.74, 6) is 2.07. The lowest BCUT2D eigenvalue weighted by atomic mass is 10.1. The van der Waals surface area contributed by atoms with E-state index < -0.39 is 0 Å². The van der Waals surface area contributed by atoms with Gasteiger partial charge in [-0.1, -0.05) is 54.6 Å². The van der Waals surface area contributed by atoms with Crippen molar-refractivity contribution in [3.63, 3.8) is 0 Å². The molecule has 4 aromatic rings. The first-order valence-electron chi connectivity index (χ1n) is 12.6. The second-order valence-electron chi connectivity index (χ2n) is 8.89. The maximum absolute atomic E-state index is 6.08. The van der Waals surface area contributed by atoms with Gasteiger partial charge >= 0.3 is 0 Å². The lowest BCUT2D eigenvalue weighted by Gasteiger charge is -2.26. The number of benzene rings is 3. The lowest BCUT2D eigenvalue weighted by Crippen LogP contribution is -2.37. The Morgan fingerprint density at radius 3 is 2.43 bits per heavy atom. The zero-order chi connectivity index (χ0) is 25.3. The van der Waals surface area contributed by atoms with Crippen LogP contribution in [0.5, 0.6) is 11.5 Å². The zero-order valence-corrected chi connectivity index (χ0v) is 21.1. The Bertz CT molecular complexity index is 1320. The molecule has 0 saturated carbocycles. The molecular formula is C30H32N4O3. The summed E-state index contributed by atoms with van der Waals surface area (Å²) in [7, 11) is 1.65. The molecule has 2 heterocycles. The van der Waals surface area contributed by atoms with E-state index in [2.05, 4.69) is 56.6 Å². The molecule has 7 nitrogen and oxygen atoms in total. The summed E-state index contributed by atoms with van der Waals surface area (Å²) in [4.78, 5) is 11.4. The number of anilines is 2. The third-order valence-electron chi connectivity index (χ3n) is 6.34. The molecule has 7 heteroatoms. The van der Waals surface area contributed by atoms with Crippen molar-refractivity contribution in [2.45, 2.75) is 6.42 Å². The predicted molar refractivity (Wildman–Crippen MR) is 149 cm³/mol. The fraction of sp³-hybridized carbons (Fsp3) is 0.267. The summed E-state index contributed by atoms with van der Waals surface area (Å²) >= 11 is 0. The highest BCUT2D eigenvalue weighted by atomic mass is 16.5. The molecule has 1 aliphatic heterocycles. The van der Waals surface area contributed by atoms with E-state index >= 15 is 0 Å². The standard InChI is InChI=1S/C30H32N4O3/c1-35-28-20-26-27(21-29(28)37-17-5-14-34-15-18-36-19-16-34)31-22-32-30(26)33-25-12-10-24(11-13-25)9-8-23-6-3-2-4-7-23/h2-4,6-13,20-22H,5,14-19H2,1H3,(H,31,32,33)/b9-8+. The lowest BCUT2D eigenvalue weighted by molar-refractivity contribution is 0.0357. The van der Waals surface area contributed by atoms with Gasteiger partial charge in [0.2, 0.25) is 0 Å². The molecule has 5 rings (SSSR count). The van der Waals surface area contributed by atoms with Crippen LogP contribution in [-0.2, 0) is 4.74 Å². The van der Waals surface area contributed by atoms with Crippen molar-refractivity contribution < 1.29 is 14.2 Å². The summed E-state index contributed by atoms with van der Waals surface area (Å²) in [6, 6.07) is 22.4. The van der Waals surface area contributed by atoms with E-state index in [4.69, 9.17) is 14.2 Å². The van der Waals surface area contributed by atoms with Crippen LogP contribution in [0.4, 0.5) is 11.5 Å². The normalized spacial score (nSPS) is 14.2. The fourth-order valence-electron chi connectivity index (χ4n) is 4.30. The van der Waals surface area contributed by atoms with Crippen LogP contribution in [0.1, 0.15) is 17.5 Å². The van der Waals surface area contributed by atoms with Crippen molar-refractivity contribution >= 4 is 34.6 Å². The van der Waals surface area contributed by atoms with Crippen LogP contribution in [0.15, 0.2) is 73.1 Å². The van der Waals surface area contributed by atoms with Gasteiger partial charge < -0.3 is 19.5 Å². The predicted octanol–water partition coefficient (Wildman–Crippen LogP) is 5.65. The molecule has 190 valence electrons. The van der Waals surface area contributed by atoms with Crippen LogP contribution in [0, 0.1) is 0 Å². The number of nitrogens with zero attached hydrogens (tertiary/aromatic N) is 3. The van der Waals surface area contributed by atoms with E-state index in [1.54, 1.807) is 13.4 Å². The molecule has 37 heavy (non-hydrogen) atoms. The Morgan fingerprint density at radius 2 is 1.68 bits per heavy atom. The van der Waals surface area contributed by atoms with Crippen LogP contribution < -0.4 is 14.8 Å². The maximum atomic E-state index is 6.08. The number of hydrogen-bond donors (Lipinski definition) is 1. The van der Waals surface area contributed by atoms with E-state index in [1.807, 2.05) is 42.5 Å². The minimum Gasteiger partial charge on any atom is -0.493 e. The van der Waals surface area contributed by atoms with E-state index in [0.29, 0.717) is 18.1 Å². The third kappa shape index (κ3) is 6.64.